The second kappa shape index (κ2) is 8.35. The molecule has 2 aromatic heterocycles. The summed E-state index contributed by atoms with van der Waals surface area (Å²) in [7, 11) is 1.99. The van der Waals surface area contributed by atoms with Crippen LogP contribution in [-0.2, 0) is 11.2 Å². The van der Waals surface area contributed by atoms with Crippen LogP contribution in [0, 0.1) is 5.92 Å². The lowest BCUT2D eigenvalue weighted by Crippen LogP contribution is -2.39. The molecule has 0 saturated carbocycles. The Morgan fingerprint density at radius 2 is 2.25 bits per heavy atom. The third-order valence-electron chi connectivity index (χ3n) is 4.56. The van der Waals surface area contributed by atoms with Gasteiger partial charge in [0, 0.05) is 36.4 Å². The van der Waals surface area contributed by atoms with Gasteiger partial charge in [0.1, 0.15) is 5.01 Å². The van der Waals surface area contributed by atoms with E-state index in [9.17, 15) is 4.79 Å². The van der Waals surface area contributed by atoms with Crippen molar-refractivity contribution in [1.82, 2.24) is 20.2 Å². The van der Waals surface area contributed by atoms with E-state index >= 15 is 0 Å². The lowest BCUT2D eigenvalue weighted by Gasteiger charge is -2.32. The molecule has 3 rings (SSSR count). The van der Waals surface area contributed by atoms with E-state index in [1.54, 1.807) is 23.7 Å². The number of hydrogen-bond donors (Lipinski definition) is 1. The zero-order valence-electron chi connectivity index (χ0n) is 14.1. The highest BCUT2D eigenvalue weighted by Crippen LogP contribution is 2.24. The molecule has 3 heterocycles. The van der Waals surface area contributed by atoms with Crippen molar-refractivity contribution in [2.45, 2.75) is 25.7 Å². The summed E-state index contributed by atoms with van der Waals surface area (Å²) in [5.41, 5.74) is 1.87. The number of nitrogens with one attached hydrogen (secondary N) is 1. The number of carbonyl (C=O) groups is 1. The number of piperidine rings is 1. The van der Waals surface area contributed by atoms with Gasteiger partial charge in [-0.2, -0.15) is 0 Å². The highest BCUT2D eigenvalue weighted by molar-refractivity contribution is 7.13. The number of hydrogen-bond acceptors (Lipinski definition) is 5. The fourth-order valence-corrected chi connectivity index (χ4v) is 3.91. The molecule has 1 saturated heterocycles. The van der Waals surface area contributed by atoms with Crippen LogP contribution in [0.3, 0.4) is 0 Å². The monoisotopic (exact) mass is 344 g/mol. The van der Waals surface area contributed by atoms with Crippen LogP contribution in [-0.4, -0.2) is 47.5 Å². The minimum atomic E-state index is 0.199. The van der Waals surface area contributed by atoms with Crippen molar-refractivity contribution < 1.29 is 4.79 Å². The van der Waals surface area contributed by atoms with Gasteiger partial charge < -0.3 is 10.2 Å². The first-order valence-electron chi connectivity index (χ1n) is 8.53. The molecule has 0 unspecified atom stereocenters. The summed E-state index contributed by atoms with van der Waals surface area (Å²) >= 11 is 1.57. The van der Waals surface area contributed by atoms with E-state index in [1.807, 2.05) is 29.5 Å². The molecule has 24 heavy (non-hydrogen) atoms. The molecule has 6 heteroatoms. The Bertz CT molecular complexity index is 650. The van der Waals surface area contributed by atoms with Gasteiger partial charge in [0.2, 0.25) is 5.91 Å². The fraction of sp³-hybridized carbons (Fsp3) is 0.500. The Balaban J connectivity index is 1.52. The first-order chi connectivity index (χ1) is 11.8. The van der Waals surface area contributed by atoms with E-state index in [4.69, 9.17) is 0 Å². The van der Waals surface area contributed by atoms with E-state index in [0.29, 0.717) is 6.42 Å². The van der Waals surface area contributed by atoms with E-state index in [-0.39, 0.29) is 5.91 Å². The van der Waals surface area contributed by atoms with Crippen molar-refractivity contribution in [2.24, 2.45) is 5.92 Å². The maximum absolute atomic E-state index is 12.5. The molecule has 1 amide bonds. The Hall–Kier alpha value is -1.79. The summed E-state index contributed by atoms with van der Waals surface area (Å²) in [6.07, 6.45) is 7.40. The molecule has 5 nitrogen and oxygen atoms in total. The van der Waals surface area contributed by atoms with Crippen LogP contribution in [0.4, 0.5) is 0 Å². The average Bonchev–Trinajstić information content (AvgIpc) is 3.09. The molecule has 2 aromatic rings. The van der Waals surface area contributed by atoms with Gasteiger partial charge in [-0.3, -0.25) is 9.78 Å². The molecular formula is C18H24N4OS. The molecule has 0 radical (unpaired) electrons. The summed E-state index contributed by atoms with van der Waals surface area (Å²) in [4.78, 5) is 23.2. The van der Waals surface area contributed by atoms with Crippen molar-refractivity contribution in [3.8, 4) is 10.6 Å². The molecule has 1 aliphatic heterocycles. The number of amides is 1. The SMILES string of the molecule is CNCCC1CCN(C(=O)Cc2csc(-c3cccnc3)n2)CC1. The zero-order chi connectivity index (χ0) is 16.8. The molecule has 0 atom stereocenters. The summed E-state index contributed by atoms with van der Waals surface area (Å²) in [5, 5.41) is 6.12. The van der Waals surface area contributed by atoms with Gasteiger partial charge in [-0.15, -0.1) is 11.3 Å². The molecule has 1 N–H and O–H groups in total. The molecule has 0 bridgehead atoms. The number of rotatable bonds is 6. The van der Waals surface area contributed by atoms with Crippen LogP contribution in [0.1, 0.15) is 25.0 Å². The minimum Gasteiger partial charge on any atom is -0.342 e. The van der Waals surface area contributed by atoms with E-state index in [1.165, 1.54) is 6.42 Å². The van der Waals surface area contributed by atoms with Gasteiger partial charge in [-0.25, -0.2) is 4.98 Å². The zero-order valence-corrected chi connectivity index (χ0v) is 14.9. The average molecular weight is 344 g/mol. The van der Waals surface area contributed by atoms with Gasteiger partial charge in [0.15, 0.2) is 0 Å². The topological polar surface area (TPSA) is 58.1 Å². The van der Waals surface area contributed by atoms with Gasteiger partial charge in [0.05, 0.1) is 12.1 Å². The van der Waals surface area contributed by atoms with Crippen LogP contribution in [0.5, 0.6) is 0 Å². The summed E-state index contributed by atoms with van der Waals surface area (Å²) in [6.45, 7) is 2.83. The molecular weight excluding hydrogens is 320 g/mol. The maximum atomic E-state index is 12.5. The van der Waals surface area contributed by atoms with Gasteiger partial charge in [-0.05, 0) is 50.9 Å². The lowest BCUT2D eigenvalue weighted by molar-refractivity contribution is -0.131. The molecule has 0 aromatic carbocycles. The third-order valence-corrected chi connectivity index (χ3v) is 5.50. The summed E-state index contributed by atoms with van der Waals surface area (Å²) < 4.78 is 0. The summed E-state index contributed by atoms with van der Waals surface area (Å²) in [6, 6.07) is 3.90. The molecule has 1 aliphatic rings. The van der Waals surface area contributed by atoms with Crippen LogP contribution >= 0.6 is 11.3 Å². The van der Waals surface area contributed by atoms with Crippen molar-refractivity contribution >= 4 is 17.2 Å². The molecule has 0 aliphatic carbocycles. The van der Waals surface area contributed by atoms with Crippen molar-refractivity contribution in [3.05, 3.63) is 35.6 Å². The van der Waals surface area contributed by atoms with Crippen molar-refractivity contribution in [3.63, 3.8) is 0 Å². The van der Waals surface area contributed by atoms with Crippen molar-refractivity contribution in [2.75, 3.05) is 26.7 Å². The first kappa shape index (κ1) is 17.0. The molecule has 1 fully saturated rings. The number of carbonyl (C=O) groups excluding carboxylic acids is 1. The van der Waals surface area contributed by atoms with Gasteiger partial charge in [-0.1, -0.05) is 0 Å². The quantitative estimate of drug-likeness (QED) is 0.875. The number of pyridine rings is 1. The van der Waals surface area contributed by atoms with Crippen molar-refractivity contribution in [1.29, 1.82) is 0 Å². The third kappa shape index (κ3) is 4.39. The maximum Gasteiger partial charge on any atom is 0.228 e. The Kier molecular flexibility index (Phi) is 5.93. The van der Waals surface area contributed by atoms with Gasteiger partial charge >= 0.3 is 0 Å². The van der Waals surface area contributed by atoms with Crippen LogP contribution in [0.25, 0.3) is 10.6 Å². The van der Waals surface area contributed by atoms with E-state index in [2.05, 4.69) is 15.3 Å². The highest BCUT2D eigenvalue weighted by Gasteiger charge is 2.23. The normalized spacial score (nSPS) is 15.6. The number of thiazole rings is 1. The minimum absolute atomic E-state index is 0.199. The number of nitrogens with zero attached hydrogens (tertiary/aromatic N) is 3. The van der Waals surface area contributed by atoms with E-state index < -0.39 is 0 Å². The smallest absolute Gasteiger partial charge is 0.228 e. The predicted octanol–water partition coefficient (Wildman–Crippen LogP) is 2.60. The van der Waals surface area contributed by atoms with E-state index in [0.717, 1.165) is 54.7 Å². The Morgan fingerprint density at radius 3 is 2.96 bits per heavy atom. The lowest BCUT2D eigenvalue weighted by atomic mass is 9.93. The number of likely N-dealkylation sites (tertiary alicyclic amines) is 1. The van der Waals surface area contributed by atoms with Gasteiger partial charge in [0.25, 0.3) is 0 Å². The van der Waals surface area contributed by atoms with Crippen LogP contribution in [0.2, 0.25) is 0 Å². The highest BCUT2D eigenvalue weighted by atomic mass is 32.1. The Labute approximate surface area is 147 Å². The fourth-order valence-electron chi connectivity index (χ4n) is 3.10. The Morgan fingerprint density at radius 1 is 1.42 bits per heavy atom. The predicted molar refractivity (Wildman–Crippen MR) is 96.9 cm³/mol. The summed E-state index contributed by atoms with van der Waals surface area (Å²) in [5.74, 6) is 0.947. The first-order valence-corrected chi connectivity index (χ1v) is 9.41. The second-order valence-electron chi connectivity index (χ2n) is 6.28. The second-order valence-corrected chi connectivity index (χ2v) is 7.14. The number of aromatic nitrogens is 2. The van der Waals surface area contributed by atoms with Crippen LogP contribution in [0.15, 0.2) is 29.9 Å². The standard InChI is InChI=1S/C18H24N4OS/c1-19-8-4-14-5-9-22(10-6-14)17(23)11-16-13-24-18(21-16)15-3-2-7-20-12-15/h2-3,7,12-14,19H,4-6,8-11H2,1H3. The molecule has 0 spiro atoms. The largest absolute Gasteiger partial charge is 0.342 e. The van der Waals surface area contributed by atoms with Crippen LogP contribution < -0.4 is 5.32 Å². The molecule has 128 valence electrons.